The second-order valence-corrected chi connectivity index (χ2v) is 5.00. The number of piperidine rings is 1. The zero-order valence-electron chi connectivity index (χ0n) is 9.90. The molecule has 1 aromatic heterocycles. The molecular weight excluding hydrogens is 217 g/mol. The number of fused-ring (bicyclic) bond motifs is 1. The summed E-state index contributed by atoms with van der Waals surface area (Å²) in [6.07, 6.45) is 6.38. The summed E-state index contributed by atoms with van der Waals surface area (Å²) in [5.74, 6) is 0.519. The summed E-state index contributed by atoms with van der Waals surface area (Å²) in [6.45, 7) is 2.42. The molecule has 92 valence electrons. The minimum Gasteiger partial charge on any atom is -0.366 e. The Morgan fingerprint density at radius 1 is 1.24 bits per heavy atom. The van der Waals surface area contributed by atoms with Crippen molar-refractivity contribution in [3.05, 3.63) is 24.1 Å². The molecule has 2 aliphatic heterocycles. The van der Waals surface area contributed by atoms with E-state index in [-0.39, 0.29) is 5.82 Å². The Balaban J connectivity index is 1.67. The lowest BCUT2D eigenvalue weighted by molar-refractivity contribution is 0.192. The van der Waals surface area contributed by atoms with E-state index >= 15 is 0 Å². The summed E-state index contributed by atoms with van der Waals surface area (Å²) >= 11 is 0. The number of hydrogen-bond acceptors (Lipinski definition) is 3. The summed E-state index contributed by atoms with van der Waals surface area (Å²) in [6, 6.07) is 4.31. The van der Waals surface area contributed by atoms with E-state index in [0.717, 1.165) is 5.82 Å². The smallest absolute Gasteiger partial charge is 0.141 e. The van der Waals surface area contributed by atoms with Crippen molar-refractivity contribution in [1.82, 2.24) is 9.88 Å². The Labute approximate surface area is 101 Å². The van der Waals surface area contributed by atoms with Crippen molar-refractivity contribution in [2.75, 3.05) is 18.4 Å². The molecule has 3 nitrogen and oxygen atoms in total. The fraction of sp³-hybridized carbons (Fsp3) is 0.615. The van der Waals surface area contributed by atoms with Gasteiger partial charge in [-0.05, 0) is 37.9 Å². The van der Waals surface area contributed by atoms with Gasteiger partial charge in [-0.15, -0.1) is 0 Å². The molecule has 0 saturated carbocycles. The van der Waals surface area contributed by atoms with Gasteiger partial charge in [0.05, 0.1) is 6.20 Å². The van der Waals surface area contributed by atoms with Crippen molar-refractivity contribution in [2.24, 2.45) is 0 Å². The van der Waals surface area contributed by atoms with E-state index in [1.165, 1.54) is 51.0 Å². The molecule has 0 spiro atoms. The first-order valence-corrected chi connectivity index (χ1v) is 6.45. The van der Waals surface area contributed by atoms with Gasteiger partial charge in [0, 0.05) is 18.6 Å². The van der Waals surface area contributed by atoms with Gasteiger partial charge < -0.3 is 5.32 Å². The Bertz CT molecular complexity index is 379. The first-order chi connectivity index (χ1) is 8.33. The van der Waals surface area contributed by atoms with Gasteiger partial charge in [0.1, 0.15) is 11.6 Å². The van der Waals surface area contributed by atoms with Crippen molar-refractivity contribution < 1.29 is 4.39 Å². The number of aromatic nitrogens is 1. The van der Waals surface area contributed by atoms with E-state index < -0.39 is 0 Å². The summed E-state index contributed by atoms with van der Waals surface area (Å²) in [5.41, 5.74) is 0. The topological polar surface area (TPSA) is 28.2 Å². The first-order valence-electron chi connectivity index (χ1n) is 6.45. The highest BCUT2D eigenvalue weighted by Gasteiger charge is 2.35. The molecule has 3 heterocycles. The maximum absolute atomic E-state index is 12.8. The van der Waals surface area contributed by atoms with Crippen LogP contribution in [0.3, 0.4) is 0 Å². The maximum Gasteiger partial charge on any atom is 0.141 e. The van der Waals surface area contributed by atoms with Crippen LogP contribution in [0.15, 0.2) is 18.3 Å². The Morgan fingerprint density at radius 2 is 2.18 bits per heavy atom. The van der Waals surface area contributed by atoms with E-state index in [0.29, 0.717) is 12.1 Å². The fourth-order valence-corrected chi connectivity index (χ4v) is 3.07. The lowest BCUT2D eigenvalue weighted by Gasteiger charge is -2.32. The highest BCUT2D eigenvalue weighted by Crippen LogP contribution is 2.28. The van der Waals surface area contributed by atoms with Gasteiger partial charge in [0.25, 0.3) is 0 Å². The fourth-order valence-electron chi connectivity index (χ4n) is 3.07. The van der Waals surface area contributed by atoms with Crippen LogP contribution >= 0.6 is 0 Å². The molecule has 0 aliphatic carbocycles. The molecule has 0 radical (unpaired) electrons. The zero-order chi connectivity index (χ0) is 11.7. The number of nitrogens with zero attached hydrogens (tertiary/aromatic N) is 2. The quantitative estimate of drug-likeness (QED) is 0.852. The second kappa shape index (κ2) is 4.61. The third-order valence-corrected chi connectivity index (χ3v) is 3.92. The highest BCUT2D eigenvalue weighted by molar-refractivity contribution is 5.36. The predicted octanol–water partition coefficient (Wildman–Crippen LogP) is 2.26. The van der Waals surface area contributed by atoms with Crippen LogP contribution in [-0.4, -0.2) is 35.1 Å². The van der Waals surface area contributed by atoms with E-state index in [9.17, 15) is 4.39 Å². The van der Waals surface area contributed by atoms with Crippen LogP contribution in [0.4, 0.5) is 10.2 Å². The van der Waals surface area contributed by atoms with Gasteiger partial charge in [-0.2, -0.15) is 0 Å². The van der Waals surface area contributed by atoms with Crippen LogP contribution in [0.25, 0.3) is 0 Å². The number of pyridine rings is 1. The maximum atomic E-state index is 12.8. The Morgan fingerprint density at radius 3 is 3.00 bits per heavy atom. The van der Waals surface area contributed by atoms with Crippen LogP contribution < -0.4 is 5.32 Å². The van der Waals surface area contributed by atoms with E-state index in [1.54, 1.807) is 6.07 Å². The van der Waals surface area contributed by atoms with Crippen LogP contribution in [0.2, 0.25) is 0 Å². The molecule has 0 bridgehead atoms. The average molecular weight is 235 g/mol. The van der Waals surface area contributed by atoms with Crippen molar-refractivity contribution in [3.8, 4) is 0 Å². The van der Waals surface area contributed by atoms with Crippen LogP contribution in [0.5, 0.6) is 0 Å². The normalized spacial score (nSPS) is 29.0. The Hall–Kier alpha value is -1.16. The third-order valence-electron chi connectivity index (χ3n) is 3.92. The summed E-state index contributed by atoms with van der Waals surface area (Å²) in [7, 11) is 0. The first kappa shape index (κ1) is 11.0. The summed E-state index contributed by atoms with van der Waals surface area (Å²) in [4.78, 5) is 6.65. The van der Waals surface area contributed by atoms with Gasteiger partial charge in [-0.3, -0.25) is 4.90 Å². The molecule has 2 unspecified atom stereocenters. The second-order valence-electron chi connectivity index (χ2n) is 5.00. The standard InChI is InChI=1S/C13H18FN3/c14-10-4-5-13(15-9-10)16-11-6-8-17-7-2-1-3-12(11)17/h4-5,9,11-12H,1-3,6-8H2,(H,15,16). The highest BCUT2D eigenvalue weighted by atomic mass is 19.1. The number of halogens is 1. The largest absolute Gasteiger partial charge is 0.366 e. The molecule has 2 aliphatic rings. The van der Waals surface area contributed by atoms with Crippen LogP contribution in [0.1, 0.15) is 25.7 Å². The van der Waals surface area contributed by atoms with Crippen molar-refractivity contribution in [1.29, 1.82) is 0 Å². The number of hydrogen-bond donors (Lipinski definition) is 1. The lowest BCUT2D eigenvalue weighted by atomic mass is 9.99. The molecule has 0 amide bonds. The van der Waals surface area contributed by atoms with Crippen LogP contribution in [-0.2, 0) is 0 Å². The van der Waals surface area contributed by atoms with Crippen molar-refractivity contribution in [3.63, 3.8) is 0 Å². The van der Waals surface area contributed by atoms with E-state index in [1.807, 2.05) is 0 Å². The lowest BCUT2D eigenvalue weighted by Crippen LogP contribution is -2.41. The van der Waals surface area contributed by atoms with Gasteiger partial charge in [0.2, 0.25) is 0 Å². The number of anilines is 1. The monoisotopic (exact) mass is 235 g/mol. The molecular formula is C13H18FN3. The average Bonchev–Trinajstić information content (AvgIpc) is 2.76. The minimum absolute atomic E-state index is 0.277. The van der Waals surface area contributed by atoms with E-state index in [2.05, 4.69) is 15.2 Å². The van der Waals surface area contributed by atoms with Crippen LogP contribution in [0, 0.1) is 5.82 Å². The minimum atomic E-state index is -0.277. The Kier molecular flexibility index (Phi) is 2.97. The van der Waals surface area contributed by atoms with Gasteiger partial charge >= 0.3 is 0 Å². The molecule has 2 saturated heterocycles. The van der Waals surface area contributed by atoms with Crippen molar-refractivity contribution >= 4 is 5.82 Å². The molecule has 1 N–H and O–H groups in total. The van der Waals surface area contributed by atoms with Gasteiger partial charge in [-0.1, -0.05) is 6.42 Å². The zero-order valence-corrected chi connectivity index (χ0v) is 9.90. The molecule has 3 rings (SSSR count). The predicted molar refractivity (Wildman–Crippen MR) is 65.4 cm³/mol. The van der Waals surface area contributed by atoms with E-state index in [4.69, 9.17) is 0 Å². The molecule has 17 heavy (non-hydrogen) atoms. The summed E-state index contributed by atoms with van der Waals surface area (Å²) in [5, 5.41) is 3.45. The molecule has 0 aromatic carbocycles. The summed E-state index contributed by atoms with van der Waals surface area (Å²) < 4.78 is 12.8. The molecule has 2 atom stereocenters. The van der Waals surface area contributed by atoms with Gasteiger partial charge in [0.15, 0.2) is 0 Å². The van der Waals surface area contributed by atoms with Crippen molar-refractivity contribution in [2.45, 2.75) is 37.8 Å². The molecule has 2 fully saturated rings. The SMILES string of the molecule is Fc1ccc(NC2CCN3CCCCC23)nc1. The number of nitrogens with one attached hydrogen (secondary N) is 1. The number of rotatable bonds is 2. The van der Waals surface area contributed by atoms with Gasteiger partial charge in [-0.25, -0.2) is 9.37 Å². The molecule has 4 heteroatoms. The molecule has 1 aromatic rings. The third kappa shape index (κ3) is 2.27.